The number of carbonyl (C=O) groups excluding carboxylic acids is 1. The standard InChI is InChI=1S/C23H29FN2O2/c1-22(2)23(24,20-14-7-4-8-15-20)28-18-17-26(22)21(27)25-16-10-9-13-19-11-5-3-6-12-19/h3-8,11-12,14-15H,9-10,13,16-18H2,1-2H3,(H,25,27). The summed E-state index contributed by atoms with van der Waals surface area (Å²) in [6.45, 7) is 4.53. The highest BCUT2D eigenvalue weighted by atomic mass is 19.2. The minimum Gasteiger partial charge on any atom is -0.339 e. The minimum atomic E-state index is -2.04. The van der Waals surface area contributed by atoms with Gasteiger partial charge in [-0.3, -0.25) is 0 Å². The Balaban J connectivity index is 1.55. The summed E-state index contributed by atoms with van der Waals surface area (Å²) in [7, 11) is 0. The Labute approximate surface area is 166 Å². The summed E-state index contributed by atoms with van der Waals surface area (Å²) >= 11 is 0. The number of nitrogens with zero attached hydrogens (tertiary/aromatic N) is 1. The fraction of sp³-hybridized carbons (Fsp3) is 0.435. The molecule has 2 aromatic carbocycles. The maximum atomic E-state index is 15.9. The highest BCUT2D eigenvalue weighted by Crippen LogP contribution is 2.44. The summed E-state index contributed by atoms with van der Waals surface area (Å²) in [5.41, 5.74) is 0.606. The second-order valence-electron chi connectivity index (χ2n) is 7.70. The van der Waals surface area contributed by atoms with Crippen LogP contribution in [-0.4, -0.2) is 36.2 Å². The van der Waals surface area contributed by atoms with Crippen LogP contribution in [0.4, 0.5) is 9.18 Å². The molecule has 0 bridgehead atoms. The number of morpholine rings is 1. The third-order valence-corrected chi connectivity index (χ3v) is 5.48. The molecule has 1 aliphatic rings. The molecule has 1 aliphatic heterocycles. The Morgan fingerprint density at radius 1 is 1.07 bits per heavy atom. The van der Waals surface area contributed by atoms with Crippen molar-refractivity contribution in [1.29, 1.82) is 0 Å². The SMILES string of the molecule is CC1(C)N(C(=O)NCCCCc2ccccc2)CCOC1(F)c1ccccc1. The average molecular weight is 384 g/mol. The van der Waals surface area contributed by atoms with Crippen molar-refractivity contribution in [1.82, 2.24) is 10.2 Å². The Kier molecular flexibility index (Phi) is 6.35. The number of hydrogen-bond donors (Lipinski definition) is 1. The summed E-state index contributed by atoms with van der Waals surface area (Å²) in [5, 5.41) is 2.95. The molecular formula is C23H29FN2O2. The summed E-state index contributed by atoms with van der Waals surface area (Å²) < 4.78 is 21.4. The predicted molar refractivity (Wildman–Crippen MR) is 109 cm³/mol. The lowest BCUT2D eigenvalue weighted by molar-refractivity contribution is -0.253. The molecule has 5 heteroatoms. The van der Waals surface area contributed by atoms with Gasteiger partial charge in [-0.15, -0.1) is 0 Å². The first-order valence-electron chi connectivity index (χ1n) is 9.93. The Morgan fingerprint density at radius 3 is 2.39 bits per heavy atom. The molecule has 0 radical (unpaired) electrons. The van der Waals surface area contributed by atoms with Gasteiger partial charge in [0.15, 0.2) is 0 Å². The van der Waals surface area contributed by atoms with Gasteiger partial charge in [-0.05, 0) is 38.7 Å². The molecule has 1 atom stereocenters. The smallest absolute Gasteiger partial charge is 0.318 e. The van der Waals surface area contributed by atoms with E-state index in [0.29, 0.717) is 18.7 Å². The number of benzene rings is 2. The van der Waals surface area contributed by atoms with Gasteiger partial charge in [-0.2, -0.15) is 0 Å². The van der Waals surface area contributed by atoms with Crippen LogP contribution in [0.3, 0.4) is 0 Å². The van der Waals surface area contributed by atoms with Crippen LogP contribution in [0.25, 0.3) is 0 Å². The molecule has 0 spiro atoms. The van der Waals surface area contributed by atoms with Gasteiger partial charge >= 0.3 is 6.03 Å². The molecule has 4 nitrogen and oxygen atoms in total. The van der Waals surface area contributed by atoms with Crippen LogP contribution in [0.15, 0.2) is 60.7 Å². The van der Waals surface area contributed by atoms with Crippen molar-refractivity contribution >= 4 is 6.03 Å². The zero-order valence-corrected chi connectivity index (χ0v) is 16.7. The fourth-order valence-corrected chi connectivity index (χ4v) is 3.74. The van der Waals surface area contributed by atoms with Crippen molar-refractivity contribution in [3.05, 3.63) is 71.8 Å². The molecule has 1 fully saturated rings. The van der Waals surface area contributed by atoms with E-state index in [4.69, 9.17) is 4.74 Å². The van der Waals surface area contributed by atoms with Crippen LogP contribution in [0.5, 0.6) is 0 Å². The first-order chi connectivity index (χ1) is 13.4. The summed E-state index contributed by atoms with van der Waals surface area (Å²) in [4.78, 5) is 14.3. The highest BCUT2D eigenvalue weighted by molar-refractivity contribution is 5.75. The lowest BCUT2D eigenvalue weighted by Gasteiger charge is -2.51. The van der Waals surface area contributed by atoms with Gasteiger partial charge in [0.2, 0.25) is 0 Å². The van der Waals surface area contributed by atoms with E-state index in [1.807, 2.05) is 24.3 Å². The first-order valence-corrected chi connectivity index (χ1v) is 9.93. The van der Waals surface area contributed by atoms with Gasteiger partial charge in [0, 0.05) is 18.7 Å². The number of amides is 2. The monoisotopic (exact) mass is 384 g/mol. The van der Waals surface area contributed by atoms with Crippen LogP contribution >= 0.6 is 0 Å². The maximum Gasteiger partial charge on any atom is 0.318 e. The van der Waals surface area contributed by atoms with Crippen molar-refractivity contribution in [2.45, 2.75) is 44.5 Å². The average Bonchev–Trinajstić information content (AvgIpc) is 2.71. The third-order valence-electron chi connectivity index (χ3n) is 5.48. The second-order valence-corrected chi connectivity index (χ2v) is 7.70. The minimum absolute atomic E-state index is 0.163. The summed E-state index contributed by atoms with van der Waals surface area (Å²) in [6, 6.07) is 18.9. The second kappa shape index (κ2) is 8.74. The molecule has 1 N–H and O–H groups in total. The quantitative estimate of drug-likeness (QED) is 0.737. The molecule has 1 unspecified atom stereocenters. The fourth-order valence-electron chi connectivity index (χ4n) is 3.74. The summed E-state index contributed by atoms with van der Waals surface area (Å²) in [6.07, 6.45) is 2.86. The van der Waals surface area contributed by atoms with Gasteiger partial charge in [-0.1, -0.05) is 60.7 Å². The topological polar surface area (TPSA) is 41.6 Å². The Morgan fingerprint density at radius 2 is 1.71 bits per heavy atom. The number of alkyl halides is 1. The normalized spacial score (nSPS) is 21.3. The zero-order chi connectivity index (χ0) is 20.0. The van der Waals surface area contributed by atoms with Crippen LogP contribution in [0.1, 0.15) is 37.8 Å². The number of hydrogen-bond acceptors (Lipinski definition) is 2. The number of nitrogens with one attached hydrogen (secondary N) is 1. The van der Waals surface area contributed by atoms with Crippen molar-refractivity contribution in [3.8, 4) is 0 Å². The van der Waals surface area contributed by atoms with Gasteiger partial charge in [0.1, 0.15) is 5.54 Å². The lowest BCUT2D eigenvalue weighted by Crippen LogP contribution is -2.66. The van der Waals surface area contributed by atoms with Crippen LogP contribution in [-0.2, 0) is 17.0 Å². The van der Waals surface area contributed by atoms with Crippen molar-refractivity contribution in [2.75, 3.05) is 19.7 Å². The predicted octanol–water partition coefficient (Wildman–Crippen LogP) is 4.65. The third kappa shape index (κ3) is 4.20. The number of carbonyl (C=O) groups is 1. The molecule has 150 valence electrons. The Bertz CT molecular complexity index is 767. The molecule has 28 heavy (non-hydrogen) atoms. The van der Waals surface area contributed by atoms with Crippen LogP contribution < -0.4 is 5.32 Å². The maximum absolute atomic E-state index is 15.9. The molecule has 2 aromatic rings. The van der Waals surface area contributed by atoms with E-state index < -0.39 is 11.4 Å². The first kappa shape index (κ1) is 20.3. The number of unbranched alkanes of at least 4 members (excludes halogenated alkanes) is 1. The summed E-state index contributed by atoms with van der Waals surface area (Å²) in [5.74, 6) is -2.04. The number of rotatable bonds is 6. The number of halogens is 1. The molecule has 1 saturated heterocycles. The van der Waals surface area contributed by atoms with E-state index >= 15 is 4.39 Å². The molecule has 3 rings (SSSR count). The van der Waals surface area contributed by atoms with Gasteiger partial charge in [0.05, 0.1) is 6.61 Å². The number of aryl methyl sites for hydroxylation is 1. The molecule has 0 saturated carbocycles. The molecule has 0 aromatic heterocycles. The van der Waals surface area contributed by atoms with E-state index in [0.717, 1.165) is 19.3 Å². The van der Waals surface area contributed by atoms with Crippen molar-refractivity contribution < 1.29 is 13.9 Å². The van der Waals surface area contributed by atoms with Crippen LogP contribution in [0.2, 0.25) is 0 Å². The van der Waals surface area contributed by atoms with Crippen LogP contribution in [0, 0.1) is 0 Å². The van der Waals surface area contributed by atoms with Crippen molar-refractivity contribution in [3.63, 3.8) is 0 Å². The molecule has 0 aliphatic carbocycles. The van der Waals surface area contributed by atoms with Gasteiger partial charge < -0.3 is 15.0 Å². The lowest BCUT2D eigenvalue weighted by atomic mass is 9.85. The van der Waals surface area contributed by atoms with E-state index in [1.54, 1.807) is 43.0 Å². The van der Waals surface area contributed by atoms with E-state index in [2.05, 4.69) is 17.4 Å². The largest absolute Gasteiger partial charge is 0.339 e. The van der Waals surface area contributed by atoms with Gasteiger partial charge in [-0.25, -0.2) is 9.18 Å². The molecule has 1 heterocycles. The van der Waals surface area contributed by atoms with E-state index in [-0.39, 0.29) is 12.6 Å². The zero-order valence-electron chi connectivity index (χ0n) is 16.7. The molecular weight excluding hydrogens is 355 g/mol. The van der Waals surface area contributed by atoms with Crippen molar-refractivity contribution in [2.24, 2.45) is 0 Å². The molecule has 2 amide bonds. The highest BCUT2D eigenvalue weighted by Gasteiger charge is 2.56. The van der Waals surface area contributed by atoms with Gasteiger partial charge in [0.25, 0.3) is 5.85 Å². The van der Waals surface area contributed by atoms with E-state index in [9.17, 15) is 4.79 Å². The number of ether oxygens (including phenoxy) is 1. The van der Waals surface area contributed by atoms with E-state index in [1.165, 1.54) is 5.56 Å². The number of urea groups is 1. The Hall–Kier alpha value is -2.40.